The maximum atomic E-state index is 12.6. The molecule has 5 saturated carbocycles. The van der Waals surface area contributed by atoms with Crippen molar-refractivity contribution in [2.24, 2.45) is 0 Å². The first-order chi connectivity index (χ1) is 15.8. The number of carbonyl (C=O) groups is 1. The van der Waals surface area contributed by atoms with Gasteiger partial charge in [0.25, 0.3) is 0 Å². The van der Waals surface area contributed by atoms with E-state index < -0.39 is 54.0 Å². The molecule has 0 atom stereocenters. The van der Waals surface area contributed by atoms with E-state index in [9.17, 15) is 31.1 Å². The molecule has 5 aliphatic carbocycles. The highest BCUT2D eigenvalue weighted by atomic mass is 19.4. The van der Waals surface area contributed by atoms with E-state index in [1.54, 1.807) is 0 Å². The van der Waals surface area contributed by atoms with Gasteiger partial charge in [0, 0.05) is 18.4 Å². The highest BCUT2D eigenvalue weighted by Crippen LogP contribution is 2.67. The molecule has 0 saturated heterocycles. The number of halogens is 6. The number of nitrogens with zero attached hydrogens (tertiary/aromatic N) is 2. The number of alkyl halides is 6. The first kappa shape index (κ1) is 23.8. The third-order valence-electron chi connectivity index (χ3n) is 7.47. The van der Waals surface area contributed by atoms with Gasteiger partial charge in [-0.05, 0) is 38.5 Å². The predicted molar refractivity (Wildman–Crippen MR) is 97.9 cm³/mol. The molecule has 0 radical (unpaired) electrons. The van der Waals surface area contributed by atoms with E-state index in [-0.39, 0.29) is 18.7 Å². The van der Waals surface area contributed by atoms with Gasteiger partial charge in [-0.2, -0.15) is 0 Å². The average Bonchev–Trinajstić information content (AvgIpc) is 3.06. The summed E-state index contributed by atoms with van der Waals surface area (Å²) in [4.78, 5) is 12.3. The molecule has 5 fully saturated rings. The number of rotatable bonds is 9. The number of hydrogen-bond acceptors (Lipinski definition) is 7. The lowest BCUT2D eigenvalue weighted by molar-refractivity contribution is -0.432. The van der Waals surface area contributed by atoms with Gasteiger partial charge in [0.2, 0.25) is 17.7 Å². The molecule has 34 heavy (non-hydrogen) atoms. The van der Waals surface area contributed by atoms with Crippen LogP contribution in [-0.2, 0) is 29.8 Å². The quantitative estimate of drug-likeness (QED) is 0.409. The molecule has 8 nitrogen and oxygen atoms in total. The third-order valence-corrected chi connectivity index (χ3v) is 7.47. The Balaban J connectivity index is 1.13. The van der Waals surface area contributed by atoms with Crippen molar-refractivity contribution in [3.8, 4) is 0 Å². The summed E-state index contributed by atoms with van der Waals surface area (Å²) in [7, 11) is 0. The lowest BCUT2D eigenvalue weighted by atomic mass is 9.39. The van der Waals surface area contributed by atoms with Crippen LogP contribution in [0.15, 0.2) is 4.42 Å². The summed E-state index contributed by atoms with van der Waals surface area (Å²) in [5.74, 6) is -1.90. The number of carbonyl (C=O) groups excluding carboxylic acids is 1. The Morgan fingerprint density at radius 1 is 0.941 bits per heavy atom. The Hall–Kier alpha value is -1.93. The summed E-state index contributed by atoms with van der Waals surface area (Å²) in [6.07, 6.45) is -5.85. The van der Waals surface area contributed by atoms with Crippen LogP contribution in [0.5, 0.6) is 0 Å². The molecule has 2 bridgehead atoms. The zero-order chi connectivity index (χ0) is 24.5. The normalized spacial score (nSPS) is 31.0. The van der Waals surface area contributed by atoms with E-state index in [4.69, 9.17) is 9.15 Å². The fourth-order valence-electron chi connectivity index (χ4n) is 5.52. The van der Waals surface area contributed by atoms with Crippen molar-refractivity contribution in [2.75, 3.05) is 13.2 Å². The maximum Gasteiger partial charge on any atom is 0.524 e. The number of amides is 1. The molecule has 1 heterocycles. The van der Waals surface area contributed by atoms with E-state index in [1.807, 2.05) is 0 Å². The topological polar surface area (TPSA) is 95.7 Å². The summed E-state index contributed by atoms with van der Waals surface area (Å²) < 4.78 is 94.2. The molecule has 5 aliphatic rings. The molecule has 0 aliphatic heterocycles. The Kier molecular flexibility index (Phi) is 5.27. The zero-order valence-electron chi connectivity index (χ0n) is 18.0. The van der Waals surface area contributed by atoms with Crippen LogP contribution in [0.1, 0.15) is 69.6 Å². The molecular formula is C20H23F6N3O5. The Morgan fingerprint density at radius 3 is 2.06 bits per heavy atom. The molecule has 1 aromatic rings. The lowest BCUT2D eigenvalue weighted by Gasteiger charge is -2.68. The molecular weight excluding hydrogens is 476 g/mol. The van der Waals surface area contributed by atoms with Gasteiger partial charge in [-0.1, -0.05) is 6.42 Å². The number of nitrogens with one attached hydrogen (secondary N) is 1. The van der Waals surface area contributed by atoms with E-state index in [2.05, 4.69) is 25.0 Å². The summed E-state index contributed by atoms with van der Waals surface area (Å²) >= 11 is 0. The van der Waals surface area contributed by atoms with Gasteiger partial charge in [0.05, 0.1) is 17.4 Å². The van der Waals surface area contributed by atoms with Crippen LogP contribution < -0.4 is 5.32 Å². The Labute approximate surface area is 189 Å². The summed E-state index contributed by atoms with van der Waals surface area (Å²) in [5.41, 5.74) is -1.92. The number of aromatic nitrogens is 2. The minimum Gasteiger partial charge on any atom is -0.424 e. The molecule has 6 rings (SSSR count). The second-order valence-electron chi connectivity index (χ2n) is 10.0. The molecule has 1 N–H and O–H groups in total. The van der Waals surface area contributed by atoms with E-state index in [0.29, 0.717) is 44.4 Å². The molecule has 0 aromatic carbocycles. The van der Waals surface area contributed by atoms with Crippen molar-refractivity contribution in [1.29, 1.82) is 0 Å². The maximum absolute atomic E-state index is 12.6. The highest BCUT2D eigenvalue weighted by molar-refractivity contribution is 5.79. The van der Waals surface area contributed by atoms with Gasteiger partial charge < -0.3 is 14.5 Å². The van der Waals surface area contributed by atoms with Gasteiger partial charge in [0.15, 0.2) is 5.79 Å². The molecule has 190 valence electrons. The van der Waals surface area contributed by atoms with Crippen molar-refractivity contribution in [2.45, 2.75) is 92.7 Å². The van der Waals surface area contributed by atoms with Crippen LogP contribution in [0, 0.1) is 0 Å². The molecule has 0 spiro atoms. The minimum absolute atomic E-state index is 0.0586. The van der Waals surface area contributed by atoms with Gasteiger partial charge >= 0.3 is 12.7 Å². The van der Waals surface area contributed by atoms with Crippen LogP contribution >= 0.6 is 0 Å². The second kappa shape index (κ2) is 7.53. The third kappa shape index (κ3) is 4.28. The average molecular weight is 499 g/mol. The van der Waals surface area contributed by atoms with Crippen LogP contribution in [-0.4, -0.2) is 53.4 Å². The zero-order valence-corrected chi connectivity index (χ0v) is 18.0. The lowest BCUT2D eigenvalue weighted by Crippen LogP contribution is -2.77. The van der Waals surface area contributed by atoms with Crippen LogP contribution in [0.3, 0.4) is 0 Å². The van der Waals surface area contributed by atoms with Crippen LogP contribution in [0.25, 0.3) is 0 Å². The standard InChI is InChI=1S/C20H23F6N3O5/c21-19(22,23)32-11-15(3-1-4-15)13-28-29-14(33-13)16-8-17(9-16,10-16)27-12(30)7-31-18(5-2-6-18)34-20(24,25)26/h1-11H2,(H,27,30). The molecule has 1 aromatic heterocycles. The fourth-order valence-corrected chi connectivity index (χ4v) is 5.52. The first-order valence-electron chi connectivity index (χ1n) is 11.0. The smallest absolute Gasteiger partial charge is 0.424 e. The van der Waals surface area contributed by atoms with Crippen molar-refractivity contribution in [3.05, 3.63) is 11.8 Å². The van der Waals surface area contributed by atoms with Crippen molar-refractivity contribution in [1.82, 2.24) is 15.5 Å². The molecule has 14 heteroatoms. The monoisotopic (exact) mass is 499 g/mol. The number of ether oxygens (including phenoxy) is 3. The van der Waals surface area contributed by atoms with Gasteiger partial charge in [-0.3, -0.25) is 14.3 Å². The van der Waals surface area contributed by atoms with Crippen LogP contribution in [0.2, 0.25) is 0 Å². The Bertz CT molecular complexity index is 933. The van der Waals surface area contributed by atoms with Gasteiger partial charge in [-0.15, -0.1) is 36.5 Å². The highest BCUT2D eigenvalue weighted by Gasteiger charge is 2.72. The van der Waals surface area contributed by atoms with E-state index in [1.165, 1.54) is 0 Å². The fraction of sp³-hybridized carbons (Fsp3) is 0.850. The van der Waals surface area contributed by atoms with Gasteiger partial charge in [-0.25, -0.2) is 0 Å². The summed E-state index contributed by atoms with van der Waals surface area (Å²) in [6, 6.07) is 0. The van der Waals surface area contributed by atoms with Crippen LogP contribution in [0.4, 0.5) is 26.3 Å². The second-order valence-corrected chi connectivity index (χ2v) is 10.0. The van der Waals surface area contributed by atoms with Crippen molar-refractivity contribution in [3.63, 3.8) is 0 Å². The van der Waals surface area contributed by atoms with Crippen molar-refractivity contribution < 1.29 is 49.8 Å². The van der Waals surface area contributed by atoms with E-state index in [0.717, 1.165) is 6.42 Å². The number of hydrogen-bond donors (Lipinski definition) is 1. The minimum atomic E-state index is -4.85. The Morgan fingerprint density at radius 2 is 1.56 bits per heavy atom. The molecule has 0 unspecified atom stereocenters. The van der Waals surface area contributed by atoms with Gasteiger partial charge in [0.1, 0.15) is 6.61 Å². The summed E-state index contributed by atoms with van der Waals surface area (Å²) in [5, 5.41) is 10.8. The summed E-state index contributed by atoms with van der Waals surface area (Å²) in [6.45, 7) is -1.14. The predicted octanol–water partition coefficient (Wildman–Crippen LogP) is 3.75. The largest absolute Gasteiger partial charge is 0.524 e. The van der Waals surface area contributed by atoms with E-state index >= 15 is 0 Å². The van der Waals surface area contributed by atoms with Crippen molar-refractivity contribution >= 4 is 5.91 Å². The SMILES string of the molecule is O=C(COC1(OC(F)(F)F)CCC1)NC12CC(c3nnc(C4(COC(F)(F)F)CCC4)o3)(C1)C2. The molecule has 1 amide bonds. The first-order valence-corrected chi connectivity index (χ1v) is 11.0.